The molecule has 1 rings (SSSR count). The van der Waals surface area contributed by atoms with Gasteiger partial charge in [-0.15, -0.1) is 0 Å². The van der Waals surface area contributed by atoms with Gasteiger partial charge in [-0.2, -0.15) is 8.42 Å². The number of phenolic OH excluding ortho intramolecular Hbond substituents is 1. The molecule has 192 valence electrons. The van der Waals surface area contributed by atoms with Crippen molar-refractivity contribution in [1.29, 1.82) is 0 Å². The smallest absolute Gasteiger partial charge is 0.298 e. The quantitative estimate of drug-likeness (QED) is 0.335. The lowest BCUT2D eigenvalue weighted by Gasteiger charge is -2.49. The van der Waals surface area contributed by atoms with Gasteiger partial charge >= 0.3 is 0 Å². The van der Waals surface area contributed by atoms with Gasteiger partial charge in [-0.1, -0.05) is 75.7 Å². The van der Waals surface area contributed by atoms with E-state index in [9.17, 15) is 18.1 Å². The van der Waals surface area contributed by atoms with Gasteiger partial charge in [-0.3, -0.25) is 4.55 Å². The van der Waals surface area contributed by atoms with Crippen molar-refractivity contribution < 1.29 is 22.8 Å². The van der Waals surface area contributed by atoms with Crippen LogP contribution in [0.15, 0.2) is 4.90 Å². The molecule has 2 N–H and O–H groups in total. The van der Waals surface area contributed by atoms with Crippen LogP contribution in [0, 0.1) is 29.1 Å². The molecule has 0 aromatic heterocycles. The predicted octanol–water partition coefficient (Wildman–Crippen LogP) is 7.53. The first-order valence-corrected chi connectivity index (χ1v) is 13.5. The van der Waals surface area contributed by atoms with Gasteiger partial charge < -0.3 is 9.84 Å². The number of rotatable bonds is 10. The van der Waals surface area contributed by atoms with Crippen molar-refractivity contribution in [3.63, 3.8) is 0 Å². The lowest BCUT2D eigenvalue weighted by atomic mass is 9.56. The number of benzene rings is 1. The van der Waals surface area contributed by atoms with Crippen molar-refractivity contribution in [3.05, 3.63) is 16.7 Å². The zero-order valence-electron chi connectivity index (χ0n) is 23.0. The van der Waals surface area contributed by atoms with Gasteiger partial charge in [0.1, 0.15) is 16.4 Å². The molecule has 0 heterocycles. The summed E-state index contributed by atoms with van der Waals surface area (Å²) in [6.45, 7) is 23.6. The Labute approximate surface area is 203 Å². The normalized spacial score (nSPS) is 14.6. The molecule has 0 fully saturated rings. The number of hydrogen-bond donors (Lipinski definition) is 2. The van der Waals surface area contributed by atoms with Gasteiger partial charge in [0, 0.05) is 11.1 Å². The molecule has 0 radical (unpaired) electrons. The lowest BCUT2D eigenvalue weighted by molar-refractivity contribution is 0.0763. The largest absolute Gasteiger partial charge is 0.507 e. The number of aromatic hydroxyl groups is 1. The van der Waals surface area contributed by atoms with Crippen molar-refractivity contribution in [2.24, 2.45) is 22.2 Å². The van der Waals surface area contributed by atoms with Crippen molar-refractivity contribution in [2.45, 2.75) is 113 Å². The SMILES string of the molecule is CCCc1c(O)c(C)c(C(C(C)(C)CC(C)C)C(C)(C)CC(C)(C)C)c(OC)c1S(=O)(=O)O. The van der Waals surface area contributed by atoms with Crippen LogP contribution >= 0.6 is 0 Å². The van der Waals surface area contributed by atoms with E-state index in [2.05, 4.69) is 62.3 Å². The van der Waals surface area contributed by atoms with Crippen LogP contribution in [0.2, 0.25) is 0 Å². The molecule has 5 nitrogen and oxygen atoms in total. The summed E-state index contributed by atoms with van der Waals surface area (Å²) in [4.78, 5) is -0.290. The molecule has 0 bridgehead atoms. The molecule has 1 atom stereocenters. The standard InChI is InChI=1S/C27H48O5S/c1-13-14-19-21(28)18(4)20(22(32-12)23(19)33(29,30)31)24(26(8,9)15-17(2)3)27(10,11)16-25(5,6)7/h17,24,28H,13-16H2,1-12H3,(H,29,30,31). The zero-order chi connectivity index (χ0) is 26.2. The van der Waals surface area contributed by atoms with E-state index in [0.717, 1.165) is 12.8 Å². The summed E-state index contributed by atoms with van der Waals surface area (Å²) in [5.41, 5.74) is 1.08. The van der Waals surface area contributed by atoms with E-state index in [1.165, 1.54) is 7.11 Å². The second-order valence-corrected chi connectivity index (χ2v) is 14.1. The summed E-state index contributed by atoms with van der Waals surface area (Å²) in [6, 6.07) is 0. The number of hydrogen-bond acceptors (Lipinski definition) is 4. The highest BCUT2D eigenvalue weighted by Crippen LogP contribution is 2.59. The fraction of sp³-hybridized carbons (Fsp3) is 0.778. The molecule has 33 heavy (non-hydrogen) atoms. The topological polar surface area (TPSA) is 83.8 Å². The minimum absolute atomic E-state index is 0.0346. The van der Waals surface area contributed by atoms with Crippen LogP contribution in [0.5, 0.6) is 11.5 Å². The Hall–Kier alpha value is -1.27. The Morgan fingerprint density at radius 1 is 1.00 bits per heavy atom. The predicted molar refractivity (Wildman–Crippen MR) is 137 cm³/mol. The third-order valence-corrected chi connectivity index (χ3v) is 7.45. The van der Waals surface area contributed by atoms with Crippen molar-refractivity contribution in [3.8, 4) is 11.5 Å². The third kappa shape index (κ3) is 6.88. The molecule has 1 aromatic rings. The maximum absolute atomic E-state index is 12.6. The van der Waals surface area contributed by atoms with Crippen molar-refractivity contribution >= 4 is 10.1 Å². The summed E-state index contributed by atoms with van der Waals surface area (Å²) in [6.07, 6.45) is 2.74. The van der Waals surface area contributed by atoms with Gasteiger partial charge in [-0.05, 0) is 59.8 Å². The second-order valence-electron chi connectivity index (χ2n) is 12.7. The van der Waals surface area contributed by atoms with Crippen LogP contribution in [0.25, 0.3) is 0 Å². The van der Waals surface area contributed by atoms with E-state index in [-0.39, 0.29) is 44.1 Å². The molecule has 6 heteroatoms. The van der Waals surface area contributed by atoms with E-state index in [4.69, 9.17) is 4.74 Å². The molecule has 0 aliphatic heterocycles. The van der Waals surface area contributed by atoms with Crippen LogP contribution in [0.1, 0.15) is 111 Å². The molecule has 0 aliphatic rings. The molecule has 0 aliphatic carbocycles. The van der Waals surface area contributed by atoms with Gasteiger partial charge in [0.2, 0.25) is 0 Å². The Bertz CT molecular complexity index is 934. The highest BCUT2D eigenvalue weighted by molar-refractivity contribution is 7.86. The van der Waals surface area contributed by atoms with E-state index < -0.39 is 10.1 Å². The summed E-state index contributed by atoms with van der Waals surface area (Å²) in [5, 5.41) is 11.2. The number of ether oxygens (including phenoxy) is 1. The lowest BCUT2D eigenvalue weighted by Crippen LogP contribution is -2.38. The van der Waals surface area contributed by atoms with Crippen LogP contribution in [-0.2, 0) is 16.5 Å². The Morgan fingerprint density at radius 3 is 1.88 bits per heavy atom. The molecular formula is C27H48O5S. The van der Waals surface area contributed by atoms with Gasteiger partial charge in [0.15, 0.2) is 0 Å². The van der Waals surface area contributed by atoms with Crippen molar-refractivity contribution in [2.75, 3.05) is 7.11 Å². The van der Waals surface area contributed by atoms with Crippen LogP contribution < -0.4 is 4.74 Å². The molecule has 0 spiro atoms. The fourth-order valence-corrected chi connectivity index (χ4v) is 7.61. The summed E-state index contributed by atoms with van der Waals surface area (Å²) >= 11 is 0. The molecule has 0 saturated heterocycles. The fourth-order valence-electron chi connectivity index (χ4n) is 6.67. The first kappa shape index (κ1) is 29.8. The number of methoxy groups -OCH3 is 1. The summed E-state index contributed by atoms with van der Waals surface area (Å²) < 4.78 is 41.3. The van der Waals surface area contributed by atoms with E-state index >= 15 is 0 Å². The minimum Gasteiger partial charge on any atom is -0.507 e. The maximum atomic E-state index is 12.6. The Balaban J connectivity index is 4.24. The molecule has 1 unspecified atom stereocenters. The summed E-state index contributed by atoms with van der Waals surface area (Å²) in [7, 11) is -3.18. The van der Waals surface area contributed by atoms with Crippen LogP contribution in [0.4, 0.5) is 0 Å². The highest BCUT2D eigenvalue weighted by atomic mass is 32.2. The first-order valence-electron chi connectivity index (χ1n) is 12.1. The monoisotopic (exact) mass is 484 g/mol. The second kappa shape index (κ2) is 10.2. The van der Waals surface area contributed by atoms with Crippen LogP contribution in [0.3, 0.4) is 0 Å². The summed E-state index contributed by atoms with van der Waals surface area (Å²) in [5.74, 6) is 0.397. The van der Waals surface area contributed by atoms with Crippen LogP contribution in [-0.4, -0.2) is 25.2 Å². The minimum atomic E-state index is -4.63. The van der Waals surface area contributed by atoms with E-state index in [1.807, 2.05) is 13.8 Å². The molecule has 0 amide bonds. The van der Waals surface area contributed by atoms with Gasteiger partial charge in [0.25, 0.3) is 10.1 Å². The van der Waals surface area contributed by atoms with Crippen molar-refractivity contribution in [1.82, 2.24) is 0 Å². The van der Waals surface area contributed by atoms with E-state index in [0.29, 0.717) is 29.9 Å². The third-order valence-electron chi connectivity index (χ3n) is 6.50. The molecule has 0 saturated carbocycles. The van der Waals surface area contributed by atoms with Gasteiger partial charge in [-0.25, -0.2) is 0 Å². The molecule has 1 aromatic carbocycles. The Kier molecular flexibility index (Phi) is 9.15. The average Bonchev–Trinajstić information content (AvgIpc) is 2.56. The Morgan fingerprint density at radius 2 is 1.52 bits per heavy atom. The maximum Gasteiger partial charge on any atom is 0.298 e. The van der Waals surface area contributed by atoms with E-state index in [1.54, 1.807) is 0 Å². The van der Waals surface area contributed by atoms with Gasteiger partial charge in [0.05, 0.1) is 7.11 Å². The first-order chi connectivity index (χ1) is 14.7. The average molecular weight is 485 g/mol. The molecular weight excluding hydrogens is 436 g/mol. The zero-order valence-corrected chi connectivity index (χ0v) is 23.8. The number of phenols is 1. The highest BCUT2D eigenvalue weighted by Gasteiger charge is 2.47.